The first-order chi connectivity index (χ1) is 8.51. The van der Waals surface area contributed by atoms with Gasteiger partial charge in [-0.05, 0) is 38.6 Å². The summed E-state index contributed by atoms with van der Waals surface area (Å²) in [5.41, 5.74) is 0.452. The Morgan fingerprint density at radius 2 is 2.11 bits per heavy atom. The van der Waals surface area contributed by atoms with Crippen LogP contribution in [0.4, 0.5) is 5.82 Å². The predicted molar refractivity (Wildman–Crippen MR) is 74.4 cm³/mol. The molecule has 0 amide bonds. The summed E-state index contributed by atoms with van der Waals surface area (Å²) in [4.78, 5) is 6.42. The third-order valence-corrected chi connectivity index (χ3v) is 2.56. The lowest BCUT2D eigenvalue weighted by molar-refractivity contribution is 0.356. The van der Waals surface area contributed by atoms with Crippen molar-refractivity contribution in [1.82, 2.24) is 9.88 Å². The van der Waals surface area contributed by atoms with E-state index in [-0.39, 0.29) is 0 Å². The van der Waals surface area contributed by atoms with Crippen LogP contribution in [0.1, 0.15) is 26.0 Å². The van der Waals surface area contributed by atoms with Crippen molar-refractivity contribution >= 4 is 5.82 Å². The molecule has 1 aromatic rings. The molecule has 1 heterocycles. The summed E-state index contributed by atoms with van der Waals surface area (Å²) in [5, 5.41) is 12.3. The SMILES string of the molecule is CC(C)CC(CN(C)C)Nc1cccc(C#N)n1. The molecule has 4 nitrogen and oxygen atoms in total. The second kappa shape index (κ2) is 6.97. The van der Waals surface area contributed by atoms with Gasteiger partial charge in [0.2, 0.25) is 0 Å². The maximum absolute atomic E-state index is 8.84. The summed E-state index contributed by atoms with van der Waals surface area (Å²) in [7, 11) is 4.13. The van der Waals surface area contributed by atoms with Crippen molar-refractivity contribution in [3.63, 3.8) is 0 Å². The molecule has 1 N–H and O–H groups in total. The average molecular weight is 246 g/mol. The van der Waals surface area contributed by atoms with Crippen LogP contribution >= 0.6 is 0 Å². The summed E-state index contributed by atoms with van der Waals surface area (Å²) in [6.07, 6.45) is 1.08. The highest BCUT2D eigenvalue weighted by Crippen LogP contribution is 2.12. The van der Waals surface area contributed by atoms with Gasteiger partial charge in [-0.25, -0.2) is 4.98 Å². The second-order valence-corrected chi connectivity index (χ2v) is 5.25. The minimum Gasteiger partial charge on any atom is -0.366 e. The topological polar surface area (TPSA) is 52.0 Å². The first kappa shape index (κ1) is 14.5. The van der Waals surface area contributed by atoms with E-state index in [1.165, 1.54) is 0 Å². The molecule has 0 fully saturated rings. The lowest BCUT2D eigenvalue weighted by Gasteiger charge is -2.24. The number of anilines is 1. The Kier molecular flexibility index (Phi) is 5.60. The highest BCUT2D eigenvalue weighted by molar-refractivity contribution is 5.39. The van der Waals surface area contributed by atoms with Gasteiger partial charge in [0.05, 0.1) is 0 Å². The third-order valence-electron chi connectivity index (χ3n) is 2.56. The monoisotopic (exact) mass is 246 g/mol. The fraction of sp³-hybridized carbons (Fsp3) is 0.571. The first-order valence-corrected chi connectivity index (χ1v) is 6.29. The standard InChI is InChI=1S/C14H22N4/c1-11(2)8-13(10-18(3)4)17-14-7-5-6-12(9-15)16-14/h5-7,11,13H,8,10H2,1-4H3,(H,16,17). The van der Waals surface area contributed by atoms with E-state index in [1.54, 1.807) is 6.07 Å². The lowest BCUT2D eigenvalue weighted by Crippen LogP contribution is -2.33. The van der Waals surface area contributed by atoms with Gasteiger partial charge in [-0.1, -0.05) is 19.9 Å². The molecule has 1 unspecified atom stereocenters. The summed E-state index contributed by atoms with van der Waals surface area (Å²) in [5.74, 6) is 1.41. The summed E-state index contributed by atoms with van der Waals surface area (Å²) >= 11 is 0. The minimum atomic E-state index is 0.349. The van der Waals surface area contributed by atoms with Crippen LogP contribution in [-0.4, -0.2) is 36.6 Å². The average Bonchev–Trinajstić information content (AvgIpc) is 2.27. The number of pyridine rings is 1. The molecule has 4 heteroatoms. The smallest absolute Gasteiger partial charge is 0.142 e. The molecular formula is C14H22N4. The Labute approximate surface area is 110 Å². The number of nitrogens with zero attached hydrogens (tertiary/aromatic N) is 3. The number of hydrogen-bond donors (Lipinski definition) is 1. The van der Waals surface area contributed by atoms with Gasteiger partial charge in [-0.15, -0.1) is 0 Å². The van der Waals surface area contributed by atoms with Crippen molar-refractivity contribution in [1.29, 1.82) is 5.26 Å². The summed E-state index contributed by atoms with van der Waals surface area (Å²) in [6.45, 7) is 5.38. The largest absolute Gasteiger partial charge is 0.366 e. The lowest BCUT2D eigenvalue weighted by atomic mass is 10.0. The van der Waals surface area contributed by atoms with Crippen molar-refractivity contribution in [3.05, 3.63) is 23.9 Å². The zero-order valence-electron chi connectivity index (χ0n) is 11.6. The van der Waals surface area contributed by atoms with Crippen molar-refractivity contribution in [2.75, 3.05) is 26.0 Å². The molecule has 1 rings (SSSR count). The molecule has 0 radical (unpaired) electrons. The molecule has 0 saturated carbocycles. The Hall–Kier alpha value is -1.60. The van der Waals surface area contributed by atoms with Crippen LogP contribution in [0.5, 0.6) is 0 Å². The molecule has 1 aromatic heterocycles. The van der Waals surface area contributed by atoms with Gasteiger partial charge in [-0.2, -0.15) is 5.26 Å². The van der Waals surface area contributed by atoms with Gasteiger partial charge >= 0.3 is 0 Å². The van der Waals surface area contributed by atoms with Crippen LogP contribution in [0.2, 0.25) is 0 Å². The van der Waals surface area contributed by atoms with Crippen LogP contribution in [0.15, 0.2) is 18.2 Å². The number of rotatable bonds is 6. The van der Waals surface area contributed by atoms with E-state index in [2.05, 4.69) is 49.2 Å². The molecule has 0 bridgehead atoms. The fourth-order valence-corrected chi connectivity index (χ4v) is 1.98. The predicted octanol–water partition coefficient (Wildman–Crippen LogP) is 2.34. The van der Waals surface area contributed by atoms with Crippen molar-refractivity contribution in [2.45, 2.75) is 26.3 Å². The Morgan fingerprint density at radius 3 is 2.67 bits per heavy atom. The van der Waals surface area contributed by atoms with Crippen LogP contribution in [0, 0.1) is 17.2 Å². The van der Waals surface area contributed by atoms with Gasteiger partial charge in [-0.3, -0.25) is 0 Å². The highest BCUT2D eigenvalue weighted by atomic mass is 15.1. The van der Waals surface area contributed by atoms with E-state index >= 15 is 0 Å². The zero-order chi connectivity index (χ0) is 13.5. The quantitative estimate of drug-likeness (QED) is 0.837. The van der Waals surface area contributed by atoms with E-state index < -0.39 is 0 Å². The molecule has 0 spiro atoms. The Morgan fingerprint density at radius 1 is 1.39 bits per heavy atom. The van der Waals surface area contributed by atoms with E-state index in [9.17, 15) is 0 Å². The maximum atomic E-state index is 8.84. The minimum absolute atomic E-state index is 0.349. The van der Waals surface area contributed by atoms with Gasteiger partial charge < -0.3 is 10.2 Å². The van der Waals surface area contributed by atoms with Crippen LogP contribution in [0.25, 0.3) is 0 Å². The van der Waals surface area contributed by atoms with Crippen LogP contribution < -0.4 is 5.32 Å². The number of aromatic nitrogens is 1. The maximum Gasteiger partial charge on any atom is 0.142 e. The molecule has 0 aliphatic carbocycles. The normalized spacial score (nSPS) is 12.5. The van der Waals surface area contributed by atoms with Crippen LogP contribution in [0.3, 0.4) is 0 Å². The van der Waals surface area contributed by atoms with Gasteiger partial charge in [0.25, 0.3) is 0 Å². The van der Waals surface area contributed by atoms with E-state index in [0.717, 1.165) is 18.8 Å². The molecule has 0 aliphatic rings. The van der Waals surface area contributed by atoms with E-state index in [4.69, 9.17) is 5.26 Å². The molecule has 0 saturated heterocycles. The van der Waals surface area contributed by atoms with Crippen molar-refractivity contribution < 1.29 is 0 Å². The van der Waals surface area contributed by atoms with Crippen molar-refractivity contribution in [2.24, 2.45) is 5.92 Å². The summed E-state index contributed by atoms with van der Waals surface area (Å²) in [6, 6.07) is 7.89. The number of likely N-dealkylation sites (N-methyl/N-ethyl adjacent to an activating group) is 1. The van der Waals surface area contributed by atoms with Gasteiger partial charge in [0, 0.05) is 12.6 Å². The molecule has 98 valence electrons. The van der Waals surface area contributed by atoms with Gasteiger partial charge in [0.15, 0.2) is 0 Å². The fourth-order valence-electron chi connectivity index (χ4n) is 1.98. The number of nitrogens with one attached hydrogen (secondary N) is 1. The Balaban J connectivity index is 2.72. The third kappa shape index (κ3) is 5.15. The van der Waals surface area contributed by atoms with E-state index in [1.807, 2.05) is 12.1 Å². The Bertz CT molecular complexity index is 397. The number of hydrogen-bond acceptors (Lipinski definition) is 4. The van der Waals surface area contributed by atoms with E-state index in [0.29, 0.717) is 17.7 Å². The number of nitriles is 1. The second-order valence-electron chi connectivity index (χ2n) is 5.25. The molecule has 0 aromatic carbocycles. The van der Waals surface area contributed by atoms with Gasteiger partial charge in [0.1, 0.15) is 17.6 Å². The summed E-state index contributed by atoms with van der Waals surface area (Å²) < 4.78 is 0. The molecule has 0 aliphatic heterocycles. The molecule has 18 heavy (non-hydrogen) atoms. The molecule has 1 atom stereocenters. The van der Waals surface area contributed by atoms with Crippen LogP contribution in [-0.2, 0) is 0 Å². The van der Waals surface area contributed by atoms with Crippen molar-refractivity contribution in [3.8, 4) is 6.07 Å². The first-order valence-electron chi connectivity index (χ1n) is 6.29. The highest BCUT2D eigenvalue weighted by Gasteiger charge is 2.12. The zero-order valence-corrected chi connectivity index (χ0v) is 11.6. The molecular weight excluding hydrogens is 224 g/mol.